The summed E-state index contributed by atoms with van der Waals surface area (Å²) in [5, 5.41) is 37.5. The molecule has 1 saturated heterocycles. The first-order valence-electron chi connectivity index (χ1n) is 11.6. The Kier molecular flexibility index (Phi) is 6.87. The van der Waals surface area contributed by atoms with Crippen LogP contribution in [0.3, 0.4) is 0 Å². The molecule has 1 fully saturated rings. The summed E-state index contributed by atoms with van der Waals surface area (Å²) in [4.78, 5) is 34.3. The Balaban J connectivity index is 0.000000426. The van der Waals surface area contributed by atoms with Crippen molar-refractivity contribution >= 4 is 17.9 Å². The van der Waals surface area contributed by atoms with Crippen LogP contribution in [0.4, 0.5) is 13.2 Å². The number of carboxylic acid groups (broad SMARTS) is 2. The number of aliphatic hydroxyl groups is 2. The number of benzene rings is 1. The molecule has 0 unspecified atom stereocenters. The minimum atomic E-state index is -5.08. The number of nitrogens with zero attached hydrogens (tertiary/aromatic N) is 1. The Hall–Kier alpha value is -3.36. The quantitative estimate of drug-likeness (QED) is 0.390. The summed E-state index contributed by atoms with van der Waals surface area (Å²) in [5.74, 6) is -3.77. The Morgan fingerprint density at radius 2 is 1.92 bits per heavy atom. The Morgan fingerprint density at radius 3 is 2.50 bits per heavy atom. The topological polar surface area (TPSA) is 163 Å². The summed E-state index contributed by atoms with van der Waals surface area (Å²) < 4.78 is 49.1. The molecule has 4 aliphatic rings. The van der Waals surface area contributed by atoms with E-state index in [9.17, 15) is 33.0 Å². The molecule has 2 aliphatic carbocycles. The van der Waals surface area contributed by atoms with Crippen molar-refractivity contribution in [2.45, 2.75) is 61.1 Å². The highest BCUT2D eigenvalue weighted by Gasteiger charge is 2.72. The van der Waals surface area contributed by atoms with Gasteiger partial charge in [-0.2, -0.15) is 13.2 Å². The van der Waals surface area contributed by atoms with E-state index in [1.807, 2.05) is 19.2 Å². The number of carbonyl (C=O) groups excluding carboxylic acids is 1. The van der Waals surface area contributed by atoms with E-state index in [0.29, 0.717) is 24.3 Å². The lowest BCUT2D eigenvalue weighted by atomic mass is 9.50. The fourth-order valence-electron chi connectivity index (χ4n) is 6.01. The highest BCUT2D eigenvalue weighted by atomic mass is 19.4. The van der Waals surface area contributed by atoms with E-state index in [1.54, 1.807) is 13.2 Å². The molecule has 208 valence electrons. The van der Waals surface area contributed by atoms with E-state index in [4.69, 9.17) is 29.2 Å². The van der Waals surface area contributed by atoms with Crippen LogP contribution >= 0.6 is 0 Å². The SMILES string of the molecule is COc1ccc2c3c1O[C@H]1C(OC(=O)C[C@@H](O)C(=O)O)=CC[C@@]4(O)[C@@H](C2)N(C)CC[C@]314.O=C(O)C(F)(F)F. The monoisotopic (exact) mass is 545 g/mol. The third kappa shape index (κ3) is 4.16. The third-order valence-electron chi connectivity index (χ3n) is 7.68. The van der Waals surface area contributed by atoms with Gasteiger partial charge in [0, 0.05) is 18.0 Å². The summed E-state index contributed by atoms with van der Waals surface area (Å²) in [7, 11) is 3.56. The number of ether oxygens (including phenoxy) is 3. The first-order chi connectivity index (χ1) is 17.7. The van der Waals surface area contributed by atoms with Gasteiger partial charge in [-0.15, -0.1) is 0 Å². The van der Waals surface area contributed by atoms with E-state index >= 15 is 0 Å². The fourth-order valence-corrected chi connectivity index (χ4v) is 6.01. The Bertz CT molecular complexity index is 1200. The van der Waals surface area contributed by atoms with Gasteiger partial charge in [-0.25, -0.2) is 9.59 Å². The number of aliphatic carboxylic acids is 2. The second-order valence-corrected chi connectivity index (χ2v) is 9.62. The van der Waals surface area contributed by atoms with Crippen LogP contribution < -0.4 is 9.47 Å². The number of alkyl halides is 3. The molecule has 1 spiro atoms. The molecular weight excluding hydrogens is 519 g/mol. The van der Waals surface area contributed by atoms with E-state index in [2.05, 4.69) is 4.90 Å². The molecule has 1 aromatic rings. The van der Waals surface area contributed by atoms with Gasteiger partial charge in [-0.1, -0.05) is 6.07 Å². The number of rotatable bonds is 5. The van der Waals surface area contributed by atoms with Crippen molar-refractivity contribution in [1.82, 2.24) is 4.90 Å². The zero-order valence-corrected chi connectivity index (χ0v) is 20.3. The van der Waals surface area contributed by atoms with Crippen LogP contribution in [-0.4, -0.2) is 94.0 Å². The lowest BCUT2D eigenvalue weighted by Gasteiger charge is -2.61. The maximum atomic E-state index is 12.3. The van der Waals surface area contributed by atoms with Crippen molar-refractivity contribution in [2.24, 2.45) is 0 Å². The predicted octanol–water partition coefficient (Wildman–Crippen LogP) is 0.985. The summed E-state index contributed by atoms with van der Waals surface area (Å²) in [5.41, 5.74) is 0.0627. The number of methoxy groups -OCH3 is 1. The normalized spacial score (nSPS) is 29.5. The van der Waals surface area contributed by atoms with Crippen molar-refractivity contribution in [2.75, 3.05) is 20.7 Å². The summed E-state index contributed by atoms with van der Waals surface area (Å²) in [6.45, 7) is 0.738. The average Bonchev–Trinajstić information content (AvgIpc) is 3.18. The summed E-state index contributed by atoms with van der Waals surface area (Å²) in [6, 6.07) is 3.73. The number of halogens is 3. The summed E-state index contributed by atoms with van der Waals surface area (Å²) >= 11 is 0. The number of carbonyl (C=O) groups is 3. The van der Waals surface area contributed by atoms with Crippen molar-refractivity contribution < 1.29 is 62.2 Å². The molecule has 2 bridgehead atoms. The molecule has 0 amide bonds. The molecule has 0 saturated carbocycles. The van der Waals surface area contributed by atoms with Crippen LogP contribution in [0, 0.1) is 0 Å². The van der Waals surface area contributed by atoms with Crippen LogP contribution in [-0.2, 0) is 31.0 Å². The number of esters is 1. The third-order valence-corrected chi connectivity index (χ3v) is 7.68. The maximum absolute atomic E-state index is 12.3. The van der Waals surface area contributed by atoms with Gasteiger partial charge in [0.1, 0.15) is 5.76 Å². The lowest BCUT2D eigenvalue weighted by molar-refractivity contribution is -0.192. The molecule has 14 heteroatoms. The number of likely N-dealkylation sites (tertiary alicyclic amines) is 1. The maximum Gasteiger partial charge on any atom is 0.490 e. The van der Waals surface area contributed by atoms with Gasteiger partial charge >= 0.3 is 24.1 Å². The number of hydrogen-bond acceptors (Lipinski definition) is 9. The smallest absolute Gasteiger partial charge is 0.490 e. The minimum Gasteiger partial charge on any atom is -0.493 e. The number of aliphatic hydroxyl groups excluding tert-OH is 1. The standard InChI is InChI=1S/C22H25NO8.C2HF3O2/c1-23-8-7-21-17-11-3-4-13(29-2)18(17)31-19(21)14(5-6-22(21,28)15(23)9-11)30-16(25)10-12(24)20(26)27;3-2(4,5)1(6)7/h3-5,12,15,19,24,28H,6-10H2,1-2H3,(H,26,27);(H,6,7)/t12-,15-,19+,21+,22-;/m1./s1. The lowest BCUT2D eigenvalue weighted by Crippen LogP contribution is -2.74. The van der Waals surface area contributed by atoms with Crippen LogP contribution in [0.15, 0.2) is 24.0 Å². The number of carboxylic acids is 2. The molecule has 1 aromatic carbocycles. The van der Waals surface area contributed by atoms with Gasteiger partial charge in [0.15, 0.2) is 23.7 Å². The highest BCUT2D eigenvalue weighted by molar-refractivity contribution is 5.81. The molecule has 38 heavy (non-hydrogen) atoms. The molecule has 0 aromatic heterocycles. The van der Waals surface area contributed by atoms with Gasteiger partial charge < -0.3 is 39.5 Å². The summed E-state index contributed by atoms with van der Waals surface area (Å²) in [6.07, 6.45) is -5.16. The van der Waals surface area contributed by atoms with E-state index in [1.165, 1.54) is 0 Å². The fraction of sp³-hybridized carbons (Fsp3) is 0.542. The minimum absolute atomic E-state index is 0.124. The Morgan fingerprint density at radius 1 is 1.26 bits per heavy atom. The van der Waals surface area contributed by atoms with Crippen LogP contribution in [0.5, 0.6) is 11.5 Å². The molecular formula is C24H26F3NO10. The molecule has 4 N–H and O–H groups in total. The van der Waals surface area contributed by atoms with Crippen molar-refractivity contribution in [1.29, 1.82) is 0 Å². The number of piperidine rings is 1. The Labute approximate surface area is 214 Å². The van der Waals surface area contributed by atoms with Crippen molar-refractivity contribution in [3.8, 4) is 11.5 Å². The van der Waals surface area contributed by atoms with Crippen LogP contribution in [0.2, 0.25) is 0 Å². The first kappa shape index (κ1) is 27.7. The van der Waals surface area contributed by atoms with Crippen molar-refractivity contribution in [3.05, 3.63) is 35.1 Å². The molecule has 2 aliphatic heterocycles. The molecule has 5 rings (SSSR count). The molecule has 0 radical (unpaired) electrons. The number of likely N-dealkylation sites (N-methyl/N-ethyl adjacent to an activating group) is 1. The van der Waals surface area contributed by atoms with Crippen molar-refractivity contribution in [3.63, 3.8) is 0 Å². The zero-order chi connectivity index (χ0) is 28.2. The molecule has 11 nitrogen and oxygen atoms in total. The van der Waals surface area contributed by atoms with Crippen LogP contribution in [0.25, 0.3) is 0 Å². The molecule has 2 heterocycles. The van der Waals surface area contributed by atoms with Crippen LogP contribution in [0.1, 0.15) is 30.4 Å². The highest BCUT2D eigenvalue weighted by Crippen LogP contribution is 2.65. The number of hydrogen-bond donors (Lipinski definition) is 4. The largest absolute Gasteiger partial charge is 0.493 e. The predicted molar refractivity (Wildman–Crippen MR) is 120 cm³/mol. The zero-order valence-electron chi connectivity index (χ0n) is 20.3. The molecule has 5 atom stereocenters. The van der Waals surface area contributed by atoms with E-state index in [0.717, 1.165) is 17.7 Å². The average molecular weight is 545 g/mol. The van der Waals surface area contributed by atoms with E-state index in [-0.39, 0.29) is 18.2 Å². The van der Waals surface area contributed by atoms with Gasteiger partial charge in [-0.3, -0.25) is 4.79 Å². The second kappa shape index (κ2) is 9.43. The second-order valence-electron chi connectivity index (χ2n) is 9.62. The van der Waals surface area contributed by atoms with Gasteiger partial charge in [0.05, 0.1) is 24.5 Å². The van der Waals surface area contributed by atoms with Gasteiger partial charge in [0.25, 0.3) is 0 Å². The van der Waals surface area contributed by atoms with Gasteiger partial charge in [-0.05, 0) is 44.1 Å². The van der Waals surface area contributed by atoms with E-state index < -0.39 is 53.7 Å². The first-order valence-corrected chi connectivity index (χ1v) is 11.6. The van der Waals surface area contributed by atoms with Gasteiger partial charge in [0.2, 0.25) is 0 Å².